The highest BCUT2D eigenvalue weighted by Gasteiger charge is 2.33. The highest BCUT2D eigenvalue weighted by atomic mass is 16.3. The van der Waals surface area contributed by atoms with Crippen molar-refractivity contribution in [2.24, 2.45) is 0 Å². The number of hydrogen-bond acceptors (Lipinski definition) is 3. The van der Waals surface area contributed by atoms with Crippen LogP contribution in [0.1, 0.15) is 25.0 Å². The van der Waals surface area contributed by atoms with Crippen molar-refractivity contribution in [2.45, 2.75) is 24.7 Å². The number of aliphatic hydroxyl groups excluding tert-OH is 1. The van der Waals surface area contributed by atoms with E-state index in [1.807, 2.05) is 24.4 Å². The molecule has 1 fully saturated rings. The molecule has 15 heavy (non-hydrogen) atoms. The van der Waals surface area contributed by atoms with Crippen LogP contribution < -0.4 is 5.32 Å². The Labute approximate surface area is 90.5 Å². The fourth-order valence-corrected chi connectivity index (χ4v) is 2.30. The van der Waals surface area contributed by atoms with Crippen LogP contribution in [0.3, 0.4) is 0 Å². The summed E-state index contributed by atoms with van der Waals surface area (Å²) in [6.07, 6.45) is 4.91. The lowest BCUT2D eigenvalue weighted by Crippen LogP contribution is -2.32. The summed E-state index contributed by atoms with van der Waals surface area (Å²) in [7, 11) is 0. The molecule has 0 spiro atoms. The Kier molecular flexibility index (Phi) is 3.34. The van der Waals surface area contributed by atoms with E-state index in [1.165, 1.54) is 0 Å². The van der Waals surface area contributed by atoms with Crippen molar-refractivity contribution in [3.05, 3.63) is 30.1 Å². The van der Waals surface area contributed by atoms with E-state index in [4.69, 9.17) is 0 Å². The lowest BCUT2D eigenvalue weighted by atomic mass is 9.78. The van der Waals surface area contributed by atoms with Gasteiger partial charge in [-0.3, -0.25) is 4.98 Å². The van der Waals surface area contributed by atoms with Crippen molar-refractivity contribution in [1.82, 2.24) is 10.3 Å². The van der Waals surface area contributed by atoms with Gasteiger partial charge in [0.25, 0.3) is 0 Å². The quantitative estimate of drug-likeness (QED) is 0.761. The molecule has 0 amide bonds. The molecular formula is C12H18N2O. The Morgan fingerprint density at radius 2 is 2.27 bits per heavy atom. The largest absolute Gasteiger partial charge is 0.395 e. The maximum absolute atomic E-state index is 9.65. The van der Waals surface area contributed by atoms with Gasteiger partial charge in [-0.25, -0.2) is 0 Å². The zero-order valence-corrected chi connectivity index (χ0v) is 8.95. The van der Waals surface area contributed by atoms with E-state index >= 15 is 0 Å². The standard InChI is InChI=1S/C12H18N2O/c15-10-12(5-3-7-13-9-6-12)11-4-1-2-8-14-11/h1-2,4,8,13,15H,3,5-7,9-10H2. The summed E-state index contributed by atoms with van der Waals surface area (Å²) in [5.41, 5.74) is 0.918. The molecule has 2 N–H and O–H groups in total. The van der Waals surface area contributed by atoms with Crippen LogP contribution in [0.15, 0.2) is 24.4 Å². The number of aromatic nitrogens is 1. The van der Waals surface area contributed by atoms with Gasteiger partial charge in [0.2, 0.25) is 0 Å². The number of pyridine rings is 1. The molecule has 0 radical (unpaired) electrons. The first-order valence-electron chi connectivity index (χ1n) is 5.60. The van der Waals surface area contributed by atoms with Gasteiger partial charge in [-0.2, -0.15) is 0 Å². The molecule has 3 heteroatoms. The van der Waals surface area contributed by atoms with Crippen LogP contribution in [0.25, 0.3) is 0 Å². The summed E-state index contributed by atoms with van der Waals surface area (Å²) in [6, 6.07) is 5.95. The molecule has 0 saturated carbocycles. The minimum Gasteiger partial charge on any atom is -0.395 e. The molecule has 1 aliphatic rings. The maximum Gasteiger partial charge on any atom is 0.0543 e. The molecule has 1 aliphatic heterocycles. The fraction of sp³-hybridized carbons (Fsp3) is 0.583. The predicted molar refractivity (Wildman–Crippen MR) is 59.7 cm³/mol. The first kappa shape index (κ1) is 10.6. The smallest absolute Gasteiger partial charge is 0.0543 e. The Hall–Kier alpha value is -0.930. The van der Waals surface area contributed by atoms with Crippen molar-refractivity contribution in [3.63, 3.8) is 0 Å². The second-order valence-electron chi connectivity index (χ2n) is 4.26. The second-order valence-corrected chi connectivity index (χ2v) is 4.26. The van der Waals surface area contributed by atoms with Crippen molar-refractivity contribution < 1.29 is 5.11 Å². The summed E-state index contributed by atoms with van der Waals surface area (Å²) < 4.78 is 0. The normalized spacial score (nSPS) is 27.3. The highest BCUT2D eigenvalue weighted by Crippen LogP contribution is 2.32. The first-order chi connectivity index (χ1) is 7.37. The third-order valence-electron chi connectivity index (χ3n) is 3.30. The van der Waals surface area contributed by atoms with Gasteiger partial charge in [0.15, 0.2) is 0 Å². The summed E-state index contributed by atoms with van der Waals surface area (Å²) in [5, 5.41) is 13.0. The van der Waals surface area contributed by atoms with E-state index < -0.39 is 0 Å². The van der Waals surface area contributed by atoms with Gasteiger partial charge >= 0.3 is 0 Å². The SMILES string of the molecule is OCC1(c2ccccn2)CCCNCC1. The predicted octanol–water partition coefficient (Wildman–Crippen LogP) is 1.09. The molecule has 0 bridgehead atoms. The molecule has 1 aromatic rings. The van der Waals surface area contributed by atoms with Crippen LogP contribution in [-0.2, 0) is 5.41 Å². The van der Waals surface area contributed by atoms with E-state index in [0.717, 1.165) is 38.0 Å². The third kappa shape index (κ3) is 2.19. The van der Waals surface area contributed by atoms with Crippen LogP contribution in [-0.4, -0.2) is 29.8 Å². The second kappa shape index (κ2) is 4.73. The van der Waals surface area contributed by atoms with Crippen LogP contribution in [0.4, 0.5) is 0 Å². The van der Waals surface area contributed by atoms with E-state index in [1.54, 1.807) is 0 Å². The molecule has 3 nitrogen and oxygen atoms in total. The van der Waals surface area contributed by atoms with E-state index in [9.17, 15) is 5.11 Å². The van der Waals surface area contributed by atoms with E-state index in [2.05, 4.69) is 10.3 Å². The van der Waals surface area contributed by atoms with Crippen LogP contribution in [0, 0.1) is 0 Å². The van der Waals surface area contributed by atoms with Crippen LogP contribution in [0.2, 0.25) is 0 Å². The van der Waals surface area contributed by atoms with Gasteiger partial charge in [0, 0.05) is 17.3 Å². The average Bonchev–Trinajstić information content (AvgIpc) is 2.56. The highest BCUT2D eigenvalue weighted by molar-refractivity contribution is 5.17. The minimum absolute atomic E-state index is 0.120. The first-order valence-corrected chi connectivity index (χ1v) is 5.60. The van der Waals surface area contributed by atoms with Crippen molar-refractivity contribution in [3.8, 4) is 0 Å². The van der Waals surface area contributed by atoms with Crippen molar-refractivity contribution in [1.29, 1.82) is 0 Å². The average molecular weight is 206 g/mol. The number of nitrogens with one attached hydrogen (secondary N) is 1. The van der Waals surface area contributed by atoms with Gasteiger partial charge in [0.05, 0.1) is 6.61 Å². The number of hydrogen-bond donors (Lipinski definition) is 2. The minimum atomic E-state index is -0.120. The van der Waals surface area contributed by atoms with Crippen molar-refractivity contribution in [2.75, 3.05) is 19.7 Å². The summed E-state index contributed by atoms with van der Waals surface area (Å²) in [5.74, 6) is 0. The number of nitrogens with zero attached hydrogens (tertiary/aromatic N) is 1. The monoisotopic (exact) mass is 206 g/mol. The fourth-order valence-electron chi connectivity index (χ4n) is 2.30. The van der Waals surface area contributed by atoms with Gasteiger partial charge in [0.1, 0.15) is 0 Å². The molecule has 0 aromatic carbocycles. The van der Waals surface area contributed by atoms with Crippen molar-refractivity contribution >= 4 is 0 Å². The molecule has 0 aliphatic carbocycles. The molecule has 2 rings (SSSR count). The Balaban J connectivity index is 2.27. The van der Waals surface area contributed by atoms with Gasteiger partial charge in [-0.1, -0.05) is 6.07 Å². The third-order valence-corrected chi connectivity index (χ3v) is 3.30. The Morgan fingerprint density at radius 3 is 3.00 bits per heavy atom. The maximum atomic E-state index is 9.65. The molecule has 82 valence electrons. The molecule has 2 heterocycles. The lowest BCUT2D eigenvalue weighted by molar-refractivity contribution is 0.175. The van der Waals surface area contributed by atoms with Crippen LogP contribution in [0.5, 0.6) is 0 Å². The molecular weight excluding hydrogens is 188 g/mol. The molecule has 1 atom stereocenters. The molecule has 1 saturated heterocycles. The zero-order chi connectivity index (χ0) is 10.6. The van der Waals surface area contributed by atoms with Crippen LogP contribution >= 0.6 is 0 Å². The van der Waals surface area contributed by atoms with Gasteiger partial charge in [-0.15, -0.1) is 0 Å². The number of rotatable bonds is 2. The summed E-state index contributed by atoms with van der Waals surface area (Å²) in [6.45, 7) is 2.22. The van der Waals surface area contributed by atoms with Gasteiger partial charge < -0.3 is 10.4 Å². The van der Waals surface area contributed by atoms with E-state index in [0.29, 0.717) is 0 Å². The number of aliphatic hydroxyl groups is 1. The lowest BCUT2D eigenvalue weighted by Gasteiger charge is -2.29. The van der Waals surface area contributed by atoms with Gasteiger partial charge in [-0.05, 0) is 44.5 Å². The Bertz CT molecular complexity index is 292. The topological polar surface area (TPSA) is 45.2 Å². The zero-order valence-electron chi connectivity index (χ0n) is 8.95. The summed E-state index contributed by atoms with van der Waals surface area (Å²) >= 11 is 0. The van der Waals surface area contributed by atoms with E-state index in [-0.39, 0.29) is 12.0 Å². The molecule has 1 aromatic heterocycles. The Morgan fingerprint density at radius 1 is 1.33 bits per heavy atom. The molecule has 1 unspecified atom stereocenters. The summed E-state index contributed by atoms with van der Waals surface area (Å²) in [4.78, 5) is 4.40.